The molecule has 1 N–H and O–H groups in total. The summed E-state index contributed by atoms with van der Waals surface area (Å²) < 4.78 is 66.7. The summed E-state index contributed by atoms with van der Waals surface area (Å²) in [6.07, 6.45) is 2.49. The highest BCUT2D eigenvalue weighted by Crippen LogP contribution is 2.32. The Bertz CT molecular complexity index is 1560. The third-order valence-electron chi connectivity index (χ3n) is 6.43. The minimum Gasteiger partial charge on any atom is -0.497 e. The highest BCUT2D eigenvalue weighted by atomic mass is 35.5. The standard InChI is InChI=1S/C27H30ClN3O7S2/c1-37-23-11-13-24(14-12-23)39(33,34)31(22-9-6-20(28)7-10-22)19-27(32)29-21-8-15-25(38-2)26(18-21)40(35,36)30-16-4-3-5-17-30/h6-15,18H,3-5,16-17,19H2,1-2H3,(H,29,32). The first-order valence-electron chi connectivity index (χ1n) is 12.5. The lowest BCUT2D eigenvalue weighted by Gasteiger charge is -2.27. The first-order valence-corrected chi connectivity index (χ1v) is 15.7. The SMILES string of the molecule is COc1ccc(S(=O)(=O)N(CC(=O)Nc2ccc(OC)c(S(=O)(=O)N3CCCCC3)c2)c2ccc(Cl)cc2)cc1. The fourth-order valence-electron chi connectivity index (χ4n) is 4.33. The van der Waals surface area contributed by atoms with Gasteiger partial charge in [-0.25, -0.2) is 16.8 Å². The van der Waals surface area contributed by atoms with E-state index >= 15 is 0 Å². The van der Waals surface area contributed by atoms with Crippen molar-refractivity contribution in [3.05, 3.63) is 71.8 Å². The summed E-state index contributed by atoms with van der Waals surface area (Å²) in [5, 5.41) is 3.03. The summed E-state index contributed by atoms with van der Waals surface area (Å²) in [7, 11) is -5.21. The molecular weight excluding hydrogens is 578 g/mol. The molecule has 3 aromatic carbocycles. The fourth-order valence-corrected chi connectivity index (χ4v) is 7.57. The molecule has 0 bridgehead atoms. The number of hydrogen-bond acceptors (Lipinski definition) is 7. The molecule has 1 heterocycles. The Morgan fingerprint density at radius 3 is 2.15 bits per heavy atom. The van der Waals surface area contributed by atoms with Gasteiger partial charge in [0.2, 0.25) is 15.9 Å². The number of ether oxygens (including phenoxy) is 2. The van der Waals surface area contributed by atoms with Gasteiger partial charge in [-0.2, -0.15) is 4.31 Å². The van der Waals surface area contributed by atoms with E-state index < -0.39 is 32.5 Å². The molecule has 3 aromatic rings. The molecule has 0 unspecified atom stereocenters. The highest BCUT2D eigenvalue weighted by molar-refractivity contribution is 7.92. The van der Waals surface area contributed by atoms with Crippen molar-refractivity contribution in [2.45, 2.75) is 29.1 Å². The molecule has 1 saturated heterocycles. The zero-order valence-electron chi connectivity index (χ0n) is 22.0. The topological polar surface area (TPSA) is 122 Å². The number of piperidine rings is 1. The van der Waals surface area contributed by atoms with Gasteiger partial charge in [0.05, 0.1) is 24.8 Å². The molecular formula is C27H30ClN3O7S2. The van der Waals surface area contributed by atoms with Crippen LogP contribution in [0.4, 0.5) is 11.4 Å². The number of benzene rings is 3. The van der Waals surface area contributed by atoms with Crippen molar-refractivity contribution < 1.29 is 31.1 Å². The Hall–Kier alpha value is -3.32. The Morgan fingerprint density at radius 1 is 0.900 bits per heavy atom. The van der Waals surface area contributed by atoms with Gasteiger partial charge >= 0.3 is 0 Å². The normalized spacial score (nSPS) is 14.4. The van der Waals surface area contributed by atoms with Crippen LogP contribution in [-0.2, 0) is 24.8 Å². The number of carbonyl (C=O) groups is 1. The Morgan fingerprint density at radius 2 is 1.55 bits per heavy atom. The van der Waals surface area contributed by atoms with E-state index in [0.29, 0.717) is 23.9 Å². The second kappa shape index (κ2) is 12.5. The van der Waals surface area contributed by atoms with Crippen LogP contribution in [0, 0.1) is 0 Å². The lowest BCUT2D eigenvalue weighted by molar-refractivity contribution is -0.114. The third kappa shape index (κ3) is 6.52. The van der Waals surface area contributed by atoms with E-state index in [1.54, 1.807) is 0 Å². The zero-order chi connectivity index (χ0) is 28.9. The van der Waals surface area contributed by atoms with Gasteiger partial charge in [-0.15, -0.1) is 0 Å². The lowest BCUT2D eigenvalue weighted by atomic mass is 10.2. The molecule has 1 fully saturated rings. The van der Waals surface area contributed by atoms with Crippen LogP contribution in [0.25, 0.3) is 0 Å². The molecule has 4 rings (SSSR count). The summed E-state index contributed by atoms with van der Waals surface area (Å²) in [5.41, 5.74) is 0.401. The van der Waals surface area contributed by atoms with E-state index in [9.17, 15) is 21.6 Å². The number of nitrogens with one attached hydrogen (secondary N) is 1. The van der Waals surface area contributed by atoms with E-state index in [1.165, 1.54) is 85.3 Å². The fraction of sp³-hybridized carbons (Fsp3) is 0.296. The number of sulfonamides is 2. The largest absolute Gasteiger partial charge is 0.497 e. The number of anilines is 2. The molecule has 0 saturated carbocycles. The number of methoxy groups -OCH3 is 2. The van der Waals surface area contributed by atoms with Crippen LogP contribution < -0.4 is 19.1 Å². The Labute approximate surface area is 239 Å². The highest BCUT2D eigenvalue weighted by Gasteiger charge is 2.30. The van der Waals surface area contributed by atoms with Crippen LogP contribution in [0.2, 0.25) is 5.02 Å². The van der Waals surface area contributed by atoms with Crippen LogP contribution in [0.15, 0.2) is 76.5 Å². The van der Waals surface area contributed by atoms with Crippen molar-refractivity contribution in [3.8, 4) is 11.5 Å². The molecule has 10 nitrogen and oxygen atoms in total. The van der Waals surface area contributed by atoms with Crippen LogP contribution in [0.1, 0.15) is 19.3 Å². The maximum atomic E-state index is 13.6. The van der Waals surface area contributed by atoms with E-state index in [4.69, 9.17) is 21.1 Å². The van der Waals surface area contributed by atoms with Gasteiger partial charge in [-0.1, -0.05) is 18.0 Å². The molecule has 13 heteroatoms. The van der Waals surface area contributed by atoms with Crippen LogP contribution in [0.5, 0.6) is 11.5 Å². The van der Waals surface area contributed by atoms with Gasteiger partial charge in [-0.05, 0) is 79.6 Å². The molecule has 0 radical (unpaired) electrons. The minimum absolute atomic E-state index is 0.0459. The van der Waals surface area contributed by atoms with Gasteiger partial charge in [0, 0.05) is 23.8 Å². The molecule has 0 atom stereocenters. The van der Waals surface area contributed by atoms with E-state index in [2.05, 4.69) is 5.32 Å². The Kier molecular flexibility index (Phi) is 9.24. The molecule has 0 aliphatic carbocycles. The minimum atomic E-state index is -4.18. The molecule has 1 aliphatic rings. The van der Waals surface area contributed by atoms with Crippen LogP contribution in [-0.4, -0.2) is 60.9 Å². The summed E-state index contributed by atoms with van der Waals surface area (Å²) >= 11 is 6.00. The maximum Gasteiger partial charge on any atom is 0.264 e. The third-order valence-corrected chi connectivity index (χ3v) is 10.4. The van der Waals surface area contributed by atoms with Crippen molar-refractivity contribution >= 4 is 48.9 Å². The number of amides is 1. The van der Waals surface area contributed by atoms with Crippen molar-refractivity contribution in [2.75, 3.05) is 43.5 Å². The van der Waals surface area contributed by atoms with Crippen molar-refractivity contribution in [3.63, 3.8) is 0 Å². The quantitative estimate of drug-likeness (QED) is 0.363. The summed E-state index contributed by atoms with van der Waals surface area (Å²) in [4.78, 5) is 13.1. The van der Waals surface area contributed by atoms with Gasteiger partial charge in [0.1, 0.15) is 22.9 Å². The van der Waals surface area contributed by atoms with Gasteiger partial charge in [-0.3, -0.25) is 9.10 Å². The molecule has 0 aromatic heterocycles. The number of halogens is 1. The van der Waals surface area contributed by atoms with E-state index in [1.807, 2.05) is 0 Å². The predicted molar refractivity (Wildman–Crippen MR) is 153 cm³/mol. The van der Waals surface area contributed by atoms with Gasteiger partial charge in [0.25, 0.3) is 10.0 Å². The maximum absolute atomic E-state index is 13.6. The average molecular weight is 608 g/mol. The molecule has 214 valence electrons. The van der Waals surface area contributed by atoms with E-state index in [-0.39, 0.29) is 26.9 Å². The van der Waals surface area contributed by atoms with Crippen molar-refractivity contribution in [1.82, 2.24) is 4.31 Å². The first-order chi connectivity index (χ1) is 19.1. The van der Waals surface area contributed by atoms with Crippen LogP contribution >= 0.6 is 11.6 Å². The number of carbonyl (C=O) groups excluding carboxylic acids is 1. The van der Waals surface area contributed by atoms with Gasteiger partial charge < -0.3 is 14.8 Å². The number of nitrogens with zero attached hydrogens (tertiary/aromatic N) is 2. The molecule has 40 heavy (non-hydrogen) atoms. The number of hydrogen-bond donors (Lipinski definition) is 1. The van der Waals surface area contributed by atoms with Crippen LogP contribution in [0.3, 0.4) is 0 Å². The monoisotopic (exact) mass is 607 g/mol. The second-order valence-electron chi connectivity index (χ2n) is 9.04. The van der Waals surface area contributed by atoms with E-state index in [0.717, 1.165) is 23.6 Å². The molecule has 0 spiro atoms. The second-order valence-corrected chi connectivity index (χ2v) is 13.2. The first kappa shape index (κ1) is 29.7. The van der Waals surface area contributed by atoms with Crippen molar-refractivity contribution in [1.29, 1.82) is 0 Å². The summed E-state index contributed by atoms with van der Waals surface area (Å²) in [6.45, 7) is 0.221. The van der Waals surface area contributed by atoms with Gasteiger partial charge in [0.15, 0.2) is 0 Å². The average Bonchev–Trinajstić information content (AvgIpc) is 2.97. The Balaban J connectivity index is 1.63. The summed E-state index contributed by atoms with van der Waals surface area (Å²) in [6, 6.07) is 16.1. The van der Waals surface area contributed by atoms with Crippen molar-refractivity contribution in [2.24, 2.45) is 0 Å². The smallest absolute Gasteiger partial charge is 0.264 e. The lowest BCUT2D eigenvalue weighted by Crippen LogP contribution is -2.38. The summed E-state index contributed by atoms with van der Waals surface area (Å²) in [5.74, 6) is -0.0588. The number of rotatable bonds is 10. The predicted octanol–water partition coefficient (Wildman–Crippen LogP) is 4.37. The zero-order valence-corrected chi connectivity index (χ0v) is 24.4. The molecule has 1 aliphatic heterocycles. The molecule has 1 amide bonds.